The second-order valence-corrected chi connectivity index (χ2v) is 2.82. The summed E-state index contributed by atoms with van der Waals surface area (Å²) in [6.07, 6.45) is 1.64. The molecule has 0 aromatic carbocycles. The van der Waals surface area contributed by atoms with Gasteiger partial charge in [-0.25, -0.2) is 0 Å². The Morgan fingerprint density at radius 1 is 1.75 bits per heavy atom. The first-order chi connectivity index (χ1) is 5.59. The van der Waals surface area contributed by atoms with Crippen molar-refractivity contribution in [3.05, 3.63) is 6.20 Å². The smallest absolute Gasteiger partial charge is 0.289 e. The van der Waals surface area contributed by atoms with Crippen molar-refractivity contribution >= 4 is 11.8 Å². The van der Waals surface area contributed by atoms with E-state index in [9.17, 15) is 4.79 Å². The average Bonchev–Trinajstić information content (AvgIpc) is 2.34. The molecule has 0 saturated heterocycles. The predicted octanol–water partition coefficient (Wildman–Crippen LogP) is 0.501. The van der Waals surface area contributed by atoms with E-state index in [1.54, 1.807) is 10.9 Å². The Balaban J connectivity index is 2.70. The number of carbonyl (C=O) groups is 1. The van der Waals surface area contributed by atoms with Crippen LogP contribution in [-0.4, -0.2) is 11.2 Å². The first kappa shape index (κ1) is 8.70. The van der Waals surface area contributed by atoms with Crippen LogP contribution in [0.2, 0.25) is 0 Å². The van der Waals surface area contributed by atoms with Gasteiger partial charge in [-0.3, -0.25) is 14.6 Å². The molecule has 1 aromatic heterocycles. The largest absolute Gasteiger partial charge is 0.302 e. The molecule has 1 aromatic rings. The van der Waals surface area contributed by atoms with Gasteiger partial charge in [-0.05, 0) is 18.5 Å². The Morgan fingerprint density at radius 3 is 2.83 bits per heavy atom. The average molecular weight is 170 g/mol. The number of carbonyl (C=O) groups excluding carboxylic acids is 1. The summed E-state index contributed by atoms with van der Waals surface area (Å²) in [6, 6.07) is 0.233. The van der Waals surface area contributed by atoms with Crippen molar-refractivity contribution in [2.45, 2.75) is 26.8 Å². The van der Waals surface area contributed by atoms with Crippen molar-refractivity contribution in [1.29, 1.82) is 0 Å². The van der Waals surface area contributed by atoms with E-state index in [1.165, 1.54) is 6.92 Å². The van der Waals surface area contributed by atoms with Gasteiger partial charge in [0.25, 0.3) is 6.20 Å². The first-order valence-electron chi connectivity index (χ1n) is 3.75. The van der Waals surface area contributed by atoms with Crippen molar-refractivity contribution in [1.82, 2.24) is 5.27 Å². The summed E-state index contributed by atoms with van der Waals surface area (Å²) in [5.41, 5.74) is 0. The molecule has 0 aliphatic carbocycles. The van der Waals surface area contributed by atoms with E-state index in [-0.39, 0.29) is 11.9 Å². The van der Waals surface area contributed by atoms with Crippen LogP contribution in [0.3, 0.4) is 0 Å². The van der Waals surface area contributed by atoms with E-state index in [0.29, 0.717) is 5.88 Å². The highest BCUT2D eigenvalue weighted by Crippen LogP contribution is 2.01. The molecule has 0 fully saturated rings. The van der Waals surface area contributed by atoms with Gasteiger partial charge in [0.2, 0.25) is 11.2 Å². The van der Waals surface area contributed by atoms with Gasteiger partial charge in [0.05, 0.1) is 0 Å². The van der Waals surface area contributed by atoms with Crippen molar-refractivity contribution in [2.24, 2.45) is 0 Å². The third kappa shape index (κ3) is 2.05. The van der Waals surface area contributed by atoms with Gasteiger partial charge in [-0.2, -0.15) is 0 Å². The van der Waals surface area contributed by atoms with Crippen molar-refractivity contribution in [3.63, 3.8) is 0 Å². The SMILES string of the molecule is CC(=O)Nc1c[n+](C(C)C)no1. The topological polar surface area (TPSA) is 59.0 Å². The highest BCUT2D eigenvalue weighted by atomic mass is 16.5. The molecule has 1 amide bonds. The Bertz CT molecular complexity index is 280. The standard InChI is InChI=1S/C7H11N3O2/c1-5(2)10-4-7(12-9-10)8-6(3)11/h4-5H,1-3H3/p+1. The number of amides is 1. The quantitative estimate of drug-likeness (QED) is 0.657. The minimum absolute atomic E-state index is 0.165. The number of hydrogen-bond donors (Lipinski definition) is 1. The number of nitrogens with one attached hydrogen (secondary N) is 1. The third-order valence-corrected chi connectivity index (χ3v) is 1.31. The molecule has 0 aliphatic heterocycles. The van der Waals surface area contributed by atoms with Crippen LogP contribution in [0.25, 0.3) is 0 Å². The molecule has 5 nitrogen and oxygen atoms in total. The minimum Gasteiger partial charge on any atom is -0.289 e. The molecule has 0 aliphatic rings. The van der Waals surface area contributed by atoms with Crippen molar-refractivity contribution < 1.29 is 14.0 Å². The normalized spacial score (nSPS) is 10.3. The van der Waals surface area contributed by atoms with E-state index in [1.807, 2.05) is 13.8 Å². The molecule has 0 saturated carbocycles. The summed E-state index contributed by atoms with van der Waals surface area (Å²) in [6.45, 7) is 5.36. The third-order valence-electron chi connectivity index (χ3n) is 1.31. The molecule has 0 bridgehead atoms. The second kappa shape index (κ2) is 3.34. The lowest BCUT2D eigenvalue weighted by molar-refractivity contribution is -0.779. The van der Waals surface area contributed by atoms with E-state index < -0.39 is 0 Å². The maximum Gasteiger partial charge on any atom is 0.302 e. The van der Waals surface area contributed by atoms with Gasteiger partial charge in [0.15, 0.2) is 6.04 Å². The van der Waals surface area contributed by atoms with Crippen LogP contribution < -0.4 is 10.00 Å². The lowest BCUT2D eigenvalue weighted by Crippen LogP contribution is -2.36. The molecule has 0 atom stereocenters. The van der Waals surface area contributed by atoms with Crippen molar-refractivity contribution in [3.8, 4) is 0 Å². The van der Waals surface area contributed by atoms with Crippen LogP contribution >= 0.6 is 0 Å². The van der Waals surface area contributed by atoms with Gasteiger partial charge in [0.1, 0.15) is 0 Å². The molecular weight excluding hydrogens is 158 g/mol. The highest BCUT2D eigenvalue weighted by Gasteiger charge is 2.14. The molecule has 0 spiro atoms. The van der Waals surface area contributed by atoms with Crippen molar-refractivity contribution in [2.75, 3.05) is 5.32 Å². The minimum atomic E-state index is -0.165. The molecule has 5 heteroatoms. The number of nitrogens with zero attached hydrogens (tertiary/aromatic N) is 2. The van der Waals surface area contributed by atoms with E-state index in [4.69, 9.17) is 4.52 Å². The number of anilines is 1. The molecule has 0 unspecified atom stereocenters. The molecule has 0 radical (unpaired) electrons. The van der Waals surface area contributed by atoms with E-state index in [0.717, 1.165) is 0 Å². The molecule has 12 heavy (non-hydrogen) atoms. The summed E-state index contributed by atoms with van der Waals surface area (Å²) in [5.74, 6) is 0.207. The molecule has 66 valence electrons. The fourth-order valence-electron chi connectivity index (χ4n) is 0.730. The van der Waals surface area contributed by atoms with Gasteiger partial charge >= 0.3 is 5.88 Å². The number of rotatable bonds is 2. The van der Waals surface area contributed by atoms with Gasteiger partial charge in [-0.15, -0.1) is 0 Å². The lowest BCUT2D eigenvalue weighted by atomic mass is 10.4. The molecule has 1 N–H and O–H groups in total. The second-order valence-electron chi connectivity index (χ2n) is 2.82. The molecular formula is C7H12N3O2+. The highest BCUT2D eigenvalue weighted by molar-refractivity contribution is 5.86. The summed E-state index contributed by atoms with van der Waals surface area (Å²) in [4.78, 5) is 10.6. The maximum atomic E-state index is 10.6. The van der Waals surface area contributed by atoms with Crippen LogP contribution in [0.1, 0.15) is 26.8 Å². The predicted molar refractivity (Wildman–Crippen MR) is 41.4 cm³/mol. The maximum absolute atomic E-state index is 10.6. The summed E-state index contributed by atoms with van der Waals surface area (Å²) < 4.78 is 6.45. The number of aromatic nitrogens is 2. The first-order valence-corrected chi connectivity index (χ1v) is 3.75. The van der Waals surface area contributed by atoms with Crippen LogP contribution in [0.4, 0.5) is 5.88 Å². The van der Waals surface area contributed by atoms with E-state index in [2.05, 4.69) is 10.6 Å². The zero-order valence-corrected chi connectivity index (χ0v) is 7.37. The fraction of sp³-hybridized carbons (Fsp3) is 0.571. The number of hydrogen-bond acceptors (Lipinski definition) is 3. The molecule has 1 heterocycles. The fourth-order valence-corrected chi connectivity index (χ4v) is 0.730. The lowest BCUT2D eigenvalue weighted by Gasteiger charge is -1.88. The Kier molecular flexibility index (Phi) is 2.42. The molecule has 1 rings (SSSR count). The van der Waals surface area contributed by atoms with Gasteiger partial charge in [-0.1, -0.05) is 0 Å². The Labute approximate surface area is 70.3 Å². The van der Waals surface area contributed by atoms with Crippen LogP contribution in [0, 0.1) is 0 Å². The van der Waals surface area contributed by atoms with Gasteiger partial charge in [0, 0.05) is 6.92 Å². The van der Waals surface area contributed by atoms with Crippen LogP contribution in [0.15, 0.2) is 10.7 Å². The zero-order valence-electron chi connectivity index (χ0n) is 7.37. The Hall–Kier alpha value is -1.39. The summed E-state index contributed by atoms with van der Waals surface area (Å²) in [5, 5.41) is 6.19. The van der Waals surface area contributed by atoms with E-state index >= 15 is 0 Å². The van der Waals surface area contributed by atoms with Crippen LogP contribution in [0.5, 0.6) is 0 Å². The zero-order chi connectivity index (χ0) is 9.14. The van der Waals surface area contributed by atoms with Gasteiger partial charge < -0.3 is 0 Å². The summed E-state index contributed by atoms with van der Waals surface area (Å²) in [7, 11) is 0. The summed E-state index contributed by atoms with van der Waals surface area (Å²) >= 11 is 0. The monoisotopic (exact) mass is 170 g/mol. The Morgan fingerprint density at radius 2 is 2.42 bits per heavy atom. The van der Waals surface area contributed by atoms with Crippen LogP contribution in [-0.2, 0) is 4.79 Å².